The zero-order valence-electron chi connectivity index (χ0n) is 30.4. The van der Waals surface area contributed by atoms with Crippen LogP contribution >= 0.6 is 0 Å². The van der Waals surface area contributed by atoms with Crippen LogP contribution in [0.25, 0.3) is 0 Å². The Morgan fingerprint density at radius 2 is 1.17 bits per heavy atom. The largest absolute Gasteiger partial charge is 0.481 e. The molecule has 54 heavy (non-hydrogen) atoms. The zero-order valence-corrected chi connectivity index (χ0v) is 30.4. The first kappa shape index (κ1) is 47.1. The number of unbranched alkanes of at least 4 members (excludes halogenated alkanes) is 2. The Bertz CT molecular complexity index is 1310. The van der Waals surface area contributed by atoms with Crippen LogP contribution < -0.4 is 54.4 Å². The summed E-state index contributed by atoms with van der Waals surface area (Å²) < 4.78 is 0. The number of carboxylic acids is 2. The molecule has 1 aliphatic rings. The summed E-state index contributed by atoms with van der Waals surface area (Å²) in [5.41, 5.74) is 16.1. The van der Waals surface area contributed by atoms with Gasteiger partial charge in [0.15, 0.2) is 0 Å². The van der Waals surface area contributed by atoms with Crippen LogP contribution in [0.1, 0.15) is 77.6 Å². The van der Waals surface area contributed by atoms with Crippen molar-refractivity contribution >= 4 is 53.3 Å². The van der Waals surface area contributed by atoms with Crippen LogP contribution in [0, 0.1) is 0 Å². The summed E-state index contributed by atoms with van der Waals surface area (Å²) in [6.07, 6.45) is 1.66. The fourth-order valence-corrected chi connectivity index (χ4v) is 5.32. The van der Waals surface area contributed by atoms with Crippen molar-refractivity contribution in [3.8, 4) is 0 Å². The van der Waals surface area contributed by atoms with Crippen LogP contribution in [0.3, 0.4) is 0 Å². The number of primary amides is 1. The molecule has 22 heteroatoms. The Balaban J connectivity index is 3.02. The molecule has 0 aromatic heterocycles. The van der Waals surface area contributed by atoms with Crippen molar-refractivity contribution in [2.45, 2.75) is 120 Å². The van der Waals surface area contributed by atoms with Gasteiger partial charge in [0.1, 0.15) is 36.3 Å². The van der Waals surface area contributed by atoms with Gasteiger partial charge in [-0.1, -0.05) is 0 Å². The molecule has 7 atom stereocenters. The maximum Gasteiger partial charge on any atom is 0.326 e. The SMILES string of the molecule is C[C@H](NC(=O)[C@H](CCCCN)NC(=O)[C@@H]1CCCN1)C(=O)N[C@@H](CC(=O)O)C(=O)N[C@@H](CO)C(=O)N[C@@H](CCCCN)C(=O)N[C@@H](CCC(N)=O)C(=O)O. The van der Waals surface area contributed by atoms with E-state index in [2.05, 4.69) is 37.2 Å². The van der Waals surface area contributed by atoms with E-state index in [1.165, 1.54) is 6.92 Å². The van der Waals surface area contributed by atoms with Gasteiger partial charge in [-0.05, 0) is 84.3 Å². The molecular weight excluding hydrogens is 716 g/mol. The summed E-state index contributed by atoms with van der Waals surface area (Å²) in [6, 6.07) is -9.33. The molecule has 306 valence electrons. The van der Waals surface area contributed by atoms with Gasteiger partial charge in [0.25, 0.3) is 0 Å². The van der Waals surface area contributed by atoms with Gasteiger partial charge in [-0.2, -0.15) is 0 Å². The van der Waals surface area contributed by atoms with Crippen LogP contribution in [0.2, 0.25) is 0 Å². The molecule has 0 spiro atoms. The zero-order chi connectivity index (χ0) is 40.8. The van der Waals surface area contributed by atoms with Crippen LogP contribution in [-0.2, 0) is 43.2 Å². The Labute approximate surface area is 312 Å². The average Bonchev–Trinajstić information content (AvgIpc) is 3.66. The number of aliphatic carboxylic acids is 2. The summed E-state index contributed by atoms with van der Waals surface area (Å²) in [6.45, 7) is 1.46. The minimum Gasteiger partial charge on any atom is -0.481 e. The predicted molar refractivity (Wildman–Crippen MR) is 189 cm³/mol. The fourth-order valence-electron chi connectivity index (χ4n) is 5.32. The van der Waals surface area contributed by atoms with Crippen molar-refractivity contribution < 1.29 is 58.5 Å². The molecule has 16 N–H and O–H groups in total. The summed E-state index contributed by atoms with van der Waals surface area (Å²) in [5.74, 6) is -9.15. The van der Waals surface area contributed by atoms with Crippen molar-refractivity contribution in [2.75, 3.05) is 26.2 Å². The van der Waals surface area contributed by atoms with E-state index in [4.69, 9.17) is 17.2 Å². The van der Waals surface area contributed by atoms with E-state index in [9.17, 15) is 58.5 Å². The fraction of sp³-hybridized carbons (Fsp3) is 0.719. The van der Waals surface area contributed by atoms with Crippen molar-refractivity contribution in [2.24, 2.45) is 17.2 Å². The first-order chi connectivity index (χ1) is 25.5. The number of nitrogens with one attached hydrogen (secondary N) is 7. The highest BCUT2D eigenvalue weighted by molar-refractivity contribution is 5.98. The van der Waals surface area contributed by atoms with Crippen molar-refractivity contribution in [1.82, 2.24) is 37.2 Å². The van der Waals surface area contributed by atoms with Gasteiger partial charge in [0.2, 0.25) is 41.4 Å². The third-order valence-electron chi connectivity index (χ3n) is 8.41. The lowest BCUT2D eigenvalue weighted by Gasteiger charge is -2.26. The molecular formula is C32H56N10O12. The van der Waals surface area contributed by atoms with E-state index in [0.717, 1.165) is 6.42 Å². The average molecular weight is 773 g/mol. The molecule has 0 unspecified atom stereocenters. The molecule has 0 aromatic carbocycles. The van der Waals surface area contributed by atoms with Crippen LogP contribution in [0.15, 0.2) is 0 Å². The molecule has 0 saturated carbocycles. The molecule has 1 rings (SSSR count). The lowest BCUT2D eigenvalue weighted by atomic mass is 10.1. The Morgan fingerprint density at radius 1 is 0.667 bits per heavy atom. The van der Waals surface area contributed by atoms with E-state index in [1.54, 1.807) is 0 Å². The molecule has 1 saturated heterocycles. The Morgan fingerprint density at radius 3 is 1.67 bits per heavy atom. The second-order valence-corrected chi connectivity index (χ2v) is 12.9. The van der Waals surface area contributed by atoms with E-state index in [1.807, 2.05) is 0 Å². The van der Waals surface area contributed by atoms with E-state index in [0.29, 0.717) is 45.2 Å². The molecule has 22 nitrogen and oxygen atoms in total. The topological polar surface area (TPSA) is 377 Å². The summed E-state index contributed by atoms with van der Waals surface area (Å²) in [7, 11) is 0. The maximum atomic E-state index is 13.2. The molecule has 1 fully saturated rings. The number of nitrogens with two attached hydrogens (primary N) is 3. The van der Waals surface area contributed by atoms with Crippen molar-refractivity contribution in [3.05, 3.63) is 0 Å². The standard InChI is InChI=1S/C32H56N10O12/c1-17(37-28(49)19(7-2-4-12-33)38-27(48)18-9-6-14-36-18)26(47)41-22(15-25(45)46)30(51)42-23(16-43)31(52)39-20(8-3-5-13-34)29(50)40-21(32(53)54)10-11-24(35)44/h17-23,36,43H,2-16,33-34H2,1H3,(H2,35,44)(H,37,49)(H,38,48)(H,39,52)(H,40,50)(H,41,47)(H,42,51)(H,45,46)(H,53,54)/t17-,18-,19-,20-,21-,22-,23-/m0/s1. The van der Waals surface area contributed by atoms with Crippen LogP contribution in [-0.4, -0.2) is 137 Å². The van der Waals surface area contributed by atoms with Gasteiger partial charge < -0.3 is 69.7 Å². The number of hydrogen-bond donors (Lipinski definition) is 13. The van der Waals surface area contributed by atoms with Crippen molar-refractivity contribution in [1.29, 1.82) is 0 Å². The van der Waals surface area contributed by atoms with Gasteiger partial charge in [0.05, 0.1) is 19.1 Å². The third-order valence-corrected chi connectivity index (χ3v) is 8.41. The van der Waals surface area contributed by atoms with Crippen LogP contribution in [0.5, 0.6) is 0 Å². The second kappa shape index (κ2) is 25.2. The smallest absolute Gasteiger partial charge is 0.326 e. The minimum absolute atomic E-state index is 0.0423. The molecule has 0 aliphatic carbocycles. The molecule has 0 aromatic rings. The van der Waals surface area contributed by atoms with E-state index >= 15 is 0 Å². The monoisotopic (exact) mass is 772 g/mol. The number of amides is 7. The highest BCUT2D eigenvalue weighted by Crippen LogP contribution is 2.09. The number of carboxylic acid groups (broad SMARTS) is 2. The highest BCUT2D eigenvalue weighted by Gasteiger charge is 2.34. The van der Waals surface area contributed by atoms with Gasteiger partial charge in [-0.3, -0.25) is 38.4 Å². The molecule has 7 amide bonds. The molecule has 1 aliphatic heterocycles. The third kappa shape index (κ3) is 17.7. The quantitative estimate of drug-likeness (QED) is 0.0347. The number of carbonyl (C=O) groups excluding carboxylic acids is 7. The van der Waals surface area contributed by atoms with Gasteiger partial charge >= 0.3 is 11.9 Å². The molecule has 0 radical (unpaired) electrons. The maximum absolute atomic E-state index is 13.2. The Hall–Kier alpha value is -4.93. The number of rotatable bonds is 27. The predicted octanol–water partition coefficient (Wildman–Crippen LogP) is -5.26. The number of carbonyl (C=O) groups is 9. The number of aliphatic hydroxyl groups is 1. The lowest BCUT2D eigenvalue weighted by molar-refractivity contribution is -0.142. The Kier molecular flexibility index (Phi) is 21.9. The summed E-state index contributed by atoms with van der Waals surface area (Å²) in [4.78, 5) is 113. The van der Waals surface area contributed by atoms with Gasteiger partial charge in [0, 0.05) is 6.42 Å². The van der Waals surface area contributed by atoms with Gasteiger partial charge in [-0.15, -0.1) is 0 Å². The second-order valence-electron chi connectivity index (χ2n) is 12.9. The van der Waals surface area contributed by atoms with Crippen molar-refractivity contribution in [3.63, 3.8) is 0 Å². The van der Waals surface area contributed by atoms with E-state index in [-0.39, 0.29) is 38.1 Å². The normalized spacial score (nSPS) is 17.0. The highest BCUT2D eigenvalue weighted by atomic mass is 16.4. The minimum atomic E-state index is -1.81. The molecule has 0 bridgehead atoms. The van der Waals surface area contributed by atoms with Crippen LogP contribution in [0.4, 0.5) is 0 Å². The summed E-state index contributed by atoms with van der Waals surface area (Å²) >= 11 is 0. The lowest BCUT2D eigenvalue weighted by Crippen LogP contribution is -2.60. The van der Waals surface area contributed by atoms with E-state index < -0.39 is 103 Å². The number of aliphatic hydroxyl groups excluding tert-OH is 1. The first-order valence-corrected chi connectivity index (χ1v) is 17.8. The first-order valence-electron chi connectivity index (χ1n) is 17.8. The summed E-state index contributed by atoms with van der Waals surface area (Å²) in [5, 5.41) is 45.9. The van der Waals surface area contributed by atoms with Gasteiger partial charge in [-0.25, -0.2) is 4.79 Å². The number of hydrogen-bond acceptors (Lipinski definition) is 13. The molecule has 1 heterocycles.